The summed E-state index contributed by atoms with van der Waals surface area (Å²) >= 11 is 0. The molecule has 0 bridgehead atoms. The first-order valence-electron chi connectivity index (χ1n) is 6.42. The minimum Gasteiger partial charge on any atom is -0.309 e. The Morgan fingerprint density at radius 3 is 2.60 bits per heavy atom. The highest BCUT2D eigenvalue weighted by Crippen LogP contribution is 2.23. The third kappa shape index (κ3) is 3.03. The van der Waals surface area contributed by atoms with E-state index in [2.05, 4.69) is 17.2 Å². The molecule has 0 aromatic heterocycles. The molecule has 0 atom stereocenters. The molecule has 1 aliphatic rings. The quantitative estimate of drug-likeness (QED) is 0.656. The topological polar surface area (TPSA) is 49.4 Å². The molecule has 2 rings (SSSR count). The van der Waals surface area contributed by atoms with E-state index in [0.717, 1.165) is 4.90 Å². The number of benzene rings is 1. The van der Waals surface area contributed by atoms with Crippen LogP contribution in [0.3, 0.4) is 0 Å². The molecule has 1 N–H and O–H groups in total. The summed E-state index contributed by atoms with van der Waals surface area (Å²) in [6.45, 7) is 0.463. The zero-order chi connectivity index (χ0) is 14.5. The largest absolute Gasteiger partial charge is 0.309 e. The first kappa shape index (κ1) is 14.2. The lowest BCUT2D eigenvalue weighted by Gasteiger charge is -2.24. The zero-order valence-electron chi connectivity index (χ0n) is 11.2. The predicted octanol–water partition coefficient (Wildman–Crippen LogP) is 1.44. The third-order valence-electron chi connectivity index (χ3n) is 2.98. The monoisotopic (exact) mass is 274 g/mol. The Bertz CT molecular complexity index is 586. The van der Waals surface area contributed by atoms with Crippen LogP contribution in [0.5, 0.6) is 0 Å². The van der Waals surface area contributed by atoms with E-state index in [1.807, 2.05) is 0 Å². The molecule has 0 unspecified atom stereocenters. The molecule has 20 heavy (non-hydrogen) atoms. The van der Waals surface area contributed by atoms with E-state index in [9.17, 15) is 14.0 Å². The summed E-state index contributed by atoms with van der Waals surface area (Å²) in [7, 11) is 1.75. The van der Waals surface area contributed by atoms with Gasteiger partial charge < -0.3 is 5.32 Å². The number of rotatable bonds is 2. The Balaban J connectivity index is 2.27. The van der Waals surface area contributed by atoms with Crippen molar-refractivity contribution in [2.75, 3.05) is 18.5 Å². The summed E-state index contributed by atoms with van der Waals surface area (Å²) in [5, 5.41) is 2.84. The first-order valence-corrected chi connectivity index (χ1v) is 6.42. The van der Waals surface area contributed by atoms with Crippen LogP contribution in [-0.4, -0.2) is 25.4 Å². The van der Waals surface area contributed by atoms with E-state index < -0.39 is 5.82 Å². The fourth-order valence-electron chi connectivity index (χ4n) is 2.01. The number of nitrogens with zero attached hydrogens (tertiary/aromatic N) is 1. The summed E-state index contributed by atoms with van der Waals surface area (Å²) in [4.78, 5) is 24.6. The second kappa shape index (κ2) is 6.31. The van der Waals surface area contributed by atoms with E-state index >= 15 is 0 Å². The summed E-state index contributed by atoms with van der Waals surface area (Å²) < 4.78 is 13.9. The van der Waals surface area contributed by atoms with Crippen LogP contribution in [0.25, 0.3) is 0 Å². The van der Waals surface area contributed by atoms with Gasteiger partial charge in [-0.3, -0.25) is 14.5 Å². The van der Waals surface area contributed by atoms with Crippen LogP contribution in [-0.2, 0) is 9.59 Å². The average molecular weight is 274 g/mol. The Hall–Kier alpha value is -2.19. The molecule has 4 nitrogen and oxygen atoms in total. The molecule has 0 radical (unpaired) electrons. The van der Waals surface area contributed by atoms with Gasteiger partial charge in [0.15, 0.2) is 0 Å². The summed E-state index contributed by atoms with van der Waals surface area (Å²) in [6, 6.07) is 4.22. The molecule has 0 aliphatic carbocycles. The highest BCUT2D eigenvalue weighted by molar-refractivity contribution is 6.16. The van der Waals surface area contributed by atoms with E-state index in [1.165, 1.54) is 12.1 Å². The SMILES string of the molecule is CNCC#Cc1ccc(N2C(=O)CCCC2=O)cc1F. The van der Waals surface area contributed by atoms with Crippen LogP contribution in [0, 0.1) is 17.7 Å². The normalized spacial score (nSPS) is 15.0. The smallest absolute Gasteiger partial charge is 0.233 e. The van der Waals surface area contributed by atoms with Gasteiger partial charge in [-0.25, -0.2) is 4.39 Å². The van der Waals surface area contributed by atoms with Crippen molar-refractivity contribution in [2.24, 2.45) is 0 Å². The van der Waals surface area contributed by atoms with Crippen LogP contribution >= 0.6 is 0 Å². The van der Waals surface area contributed by atoms with Gasteiger partial charge in [0.25, 0.3) is 0 Å². The maximum atomic E-state index is 13.9. The molecule has 1 saturated heterocycles. The number of carbonyl (C=O) groups is 2. The number of piperidine rings is 1. The number of carbonyl (C=O) groups excluding carboxylic acids is 2. The van der Waals surface area contributed by atoms with Crippen LogP contribution in [0.4, 0.5) is 10.1 Å². The van der Waals surface area contributed by atoms with Crippen LogP contribution in [0.15, 0.2) is 18.2 Å². The van der Waals surface area contributed by atoms with Gasteiger partial charge in [-0.15, -0.1) is 0 Å². The molecule has 104 valence electrons. The number of amides is 2. The Morgan fingerprint density at radius 2 is 2.00 bits per heavy atom. The molecule has 1 heterocycles. The highest BCUT2D eigenvalue weighted by Gasteiger charge is 2.27. The number of nitrogens with one attached hydrogen (secondary N) is 1. The fraction of sp³-hybridized carbons (Fsp3) is 0.333. The molecule has 1 aliphatic heterocycles. The number of hydrogen-bond acceptors (Lipinski definition) is 3. The first-order chi connectivity index (χ1) is 9.63. The number of anilines is 1. The fourth-order valence-corrected chi connectivity index (χ4v) is 2.01. The molecule has 1 aromatic carbocycles. The summed E-state index contributed by atoms with van der Waals surface area (Å²) in [6.07, 6.45) is 1.19. The van der Waals surface area contributed by atoms with Gasteiger partial charge in [-0.1, -0.05) is 11.8 Å². The zero-order valence-corrected chi connectivity index (χ0v) is 11.2. The predicted molar refractivity (Wildman–Crippen MR) is 73.5 cm³/mol. The van der Waals surface area contributed by atoms with E-state index in [-0.39, 0.29) is 23.1 Å². The summed E-state index contributed by atoms with van der Waals surface area (Å²) in [5.74, 6) is 4.35. The second-order valence-corrected chi connectivity index (χ2v) is 4.47. The van der Waals surface area contributed by atoms with Gasteiger partial charge >= 0.3 is 0 Å². The molecule has 5 heteroatoms. The van der Waals surface area contributed by atoms with E-state index in [1.54, 1.807) is 13.1 Å². The number of hydrogen-bond donors (Lipinski definition) is 1. The number of imide groups is 1. The van der Waals surface area contributed by atoms with E-state index in [0.29, 0.717) is 25.8 Å². The van der Waals surface area contributed by atoms with Gasteiger partial charge in [-0.2, -0.15) is 0 Å². The van der Waals surface area contributed by atoms with Gasteiger partial charge in [0.05, 0.1) is 17.8 Å². The second-order valence-electron chi connectivity index (χ2n) is 4.47. The van der Waals surface area contributed by atoms with Crippen molar-refractivity contribution in [2.45, 2.75) is 19.3 Å². The molecule has 0 saturated carbocycles. The van der Waals surface area contributed by atoms with Gasteiger partial charge in [0.1, 0.15) is 5.82 Å². The molecular formula is C15H15FN2O2. The van der Waals surface area contributed by atoms with Crippen LogP contribution < -0.4 is 10.2 Å². The van der Waals surface area contributed by atoms with Gasteiger partial charge in [-0.05, 0) is 31.7 Å². The Morgan fingerprint density at radius 1 is 1.30 bits per heavy atom. The van der Waals surface area contributed by atoms with Crippen molar-refractivity contribution in [3.05, 3.63) is 29.6 Å². The van der Waals surface area contributed by atoms with Crippen LogP contribution in [0.2, 0.25) is 0 Å². The van der Waals surface area contributed by atoms with Crippen molar-refractivity contribution in [3.63, 3.8) is 0 Å². The van der Waals surface area contributed by atoms with Crippen molar-refractivity contribution in [3.8, 4) is 11.8 Å². The van der Waals surface area contributed by atoms with Crippen molar-refractivity contribution in [1.29, 1.82) is 0 Å². The highest BCUT2D eigenvalue weighted by atomic mass is 19.1. The lowest BCUT2D eigenvalue weighted by atomic mass is 10.1. The van der Waals surface area contributed by atoms with Gasteiger partial charge in [0, 0.05) is 12.8 Å². The lowest BCUT2D eigenvalue weighted by molar-refractivity contribution is -0.129. The average Bonchev–Trinajstić information content (AvgIpc) is 2.41. The van der Waals surface area contributed by atoms with Crippen molar-refractivity contribution >= 4 is 17.5 Å². The standard InChI is InChI=1S/C15H15FN2O2/c1-17-9-3-4-11-7-8-12(10-13(11)16)18-14(19)5-2-6-15(18)20/h7-8,10,17H,2,5-6,9H2,1H3. The van der Waals surface area contributed by atoms with E-state index in [4.69, 9.17) is 0 Å². The van der Waals surface area contributed by atoms with Crippen molar-refractivity contribution in [1.82, 2.24) is 5.32 Å². The molecule has 1 aromatic rings. The molecule has 0 spiro atoms. The summed E-state index contributed by atoms with van der Waals surface area (Å²) in [5.41, 5.74) is 0.525. The maximum absolute atomic E-state index is 13.9. The Kier molecular flexibility index (Phi) is 4.49. The minimum atomic E-state index is -0.530. The van der Waals surface area contributed by atoms with Crippen LogP contribution in [0.1, 0.15) is 24.8 Å². The lowest BCUT2D eigenvalue weighted by Crippen LogP contribution is -2.40. The minimum absolute atomic E-state index is 0.251. The Labute approximate surface area is 117 Å². The van der Waals surface area contributed by atoms with Gasteiger partial charge in [0.2, 0.25) is 11.8 Å². The third-order valence-corrected chi connectivity index (χ3v) is 2.98. The maximum Gasteiger partial charge on any atom is 0.233 e. The molecule has 2 amide bonds. The van der Waals surface area contributed by atoms with Crippen molar-refractivity contribution < 1.29 is 14.0 Å². The molecular weight excluding hydrogens is 259 g/mol. The number of halogens is 1. The molecule has 1 fully saturated rings.